The number of likely N-dealkylation sites (tertiary alicyclic amines) is 1. The summed E-state index contributed by atoms with van der Waals surface area (Å²) in [5.41, 5.74) is 0. The van der Waals surface area contributed by atoms with Crippen molar-refractivity contribution < 1.29 is 14.7 Å². The second kappa shape index (κ2) is 9.07. The van der Waals surface area contributed by atoms with E-state index < -0.39 is 18.0 Å². The van der Waals surface area contributed by atoms with Gasteiger partial charge in [-0.3, -0.25) is 0 Å². The molecule has 0 radical (unpaired) electrons. The van der Waals surface area contributed by atoms with Gasteiger partial charge in [0.2, 0.25) is 0 Å². The van der Waals surface area contributed by atoms with Crippen molar-refractivity contribution in [3.63, 3.8) is 0 Å². The Morgan fingerprint density at radius 2 is 1.95 bits per heavy atom. The fraction of sp³-hybridized carbons (Fsp3) is 0.846. The Morgan fingerprint density at radius 1 is 1.30 bits per heavy atom. The van der Waals surface area contributed by atoms with E-state index in [1.165, 1.54) is 12.8 Å². The number of carboxylic acid groups (broad SMARTS) is 1. The van der Waals surface area contributed by atoms with Crippen molar-refractivity contribution in [1.82, 2.24) is 15.5 Å². The normalized spacial score (nSPS) is 18.5. The Kier molecular flexibility index (Phi) is 7.76. The van der Waals surface area contributed by atoms with Gasteiger partial charge in [0, 0.05) is 12.6 Å². The Morgan fingerprint density at radius 3 is 2.50 bits per heavy atom. The number of carbonyl (C=O) groups excluding carboxylic acids is 1. The molecule has 3 N–H and O–H groups in total. The Bertz CT molecular complexity index is 322. The molecule has 2 atom stereocenters. The van der Waals surface area contributed by atoms with Crippen LogP contribution in [-0.4, -0.2) is 65.7 Å². The van der Waals surface area contributed by atoms with Gasteiger partial charge in [-0.1, -0.05) is 0 Å². The molecule has 0 bridgehead atoms. The average Bonchev–Trinajstić information content (AvgIpc) is 2.86. The van der Waals surface area contributed by atoms with Crippen molar-refractivity contribution in [2.75, 3.05) is 31.6 Å². The number of amides is 2. The molecule has 116 valence electrons. The number of rotatable bonds is 8. The van der Waals surface area contributed by atoms with Crippen LogP contribution in [0.25, 0.3) is 0 Å². The van der Waals surface area contributed by atoms with Crippen LogP contribution in [0, 0.1) is 0 Å². The average molecular weight is 303 g/mol. The molecule has 1 saturated heterocycles. The van der Waals surface area contributed by atoms with E-state index in [0.29, 0.717) is 12.2 Å². The Labute approximate surface area is 124 Å². The number of hydrogen-bond donors (Lipinski definition) is 3. The summed E-state index contributed by atoms with van der Waals surface area (Å²) in [5.74, 6) is -0.276. The van der Waals surface area contributed by atoms with Gasteiger partial charge in [-0.15, -0.1) is 0 Å². The zero-order valence-electron chi connectivity index (χ0n) is 12.2. The summed E-state index contributed by atoms with van der Waals surface area (Å²) in [7, 11) is 0. The van der Waals surface area contributed by atoms with Crippen molar-refractivity contribution in [2.45, 2.75) is 38.3 Å². The van der Waals surface area contributed by atoms with E-state index in [-0.39, 0.29) is 6.04 Å². The zero-order valence-corrected chi connectivity index (χ0v) is 13.0. The molecule has 1 heterocycles. The van der Waals surface area contributed by atoms with E-state index in [2.05, 4.69) is 15.5 Å². The Hall–Kier alpha value is -0.950. The molecule has 1 aliphatic heterocycles. The molecule has 20 heavy (non-hydrogen) atoms. The first kappa shape index (κ1) is 17.1. The first-order chi connectivity index (χ1) is 9.52. The number of carbonyl (C=O) groups is 2. The van der Waals surface area contributed by atoms with Gasteiger partial charge in [-0.05, 0) is 51.3 Å². The van der Waals surface area contributed by atoms with Crippen molar-refractivity contribution in [3.8, 4) is 0 Å². The summed E-state index contributed by atoms with van der Waals surface area (Å²) < 4.78 is 0. The molecular formula is C13H25N3O3S. The number of nitrogens with zero attached hydrogens (tertiary/aromatic N) is 1. The minimum atomic E-state index is -0.985. The molecule has 0 saturated carbocycles. The quantitative estimate of drug-likeness (QED) is 0.622. The third kappa shape index (κ3) is 6.47. The highest BCUT2D eigenvalue weighted by Crippen LogP contribution is 2.07. The van der Waals surface area contributed by atoms with Crippen LogP contribution in [0.1, 0.15) is 26.2 Å². The molecule has 2 amide bonds. The summed E-state index contributed by atoms with van der Waals surface area (Å²) in [6.07, 6.45) is 4.78. The summed E-state index contributed by atoms with van der Waals surface area (Å²) in [6, 6.07) is -1.20. The lowest BCUT2D eigenvalue weighted by Crippen LogP contribution is -2.50. The maximum Gasteiger partial charge on any atom is 0.326 e. The van der Waals surface area contributed by atoms with Crippen molar-refractivity contribution in [1.29, 1.82) is 0 Å². The van der Waals surface area contributed by atoms with E-state index in [1.54, 1.807) is 11.8 Å². The maximum atomic E-state index is 11.8. The van der Waals surface area contributed by atoms with Gasteiger partial charge >= 0.3 is 12.0 Å². The molecule has 0 aromatic rings. The van der Waals surface area contributed by atoms with Gasteiger partial charge in [-0.25, -0.2) is 9.59 Å². The highest BCUT2D eigenvalue weighted by Gasteiger charge is 2.21. The first-order valence-corrected chi connectivity index (χ1v) is 8.43. The summed E-state index contributed by atoms with van der Waals surface area (Å²) in [5, 5.41) is 14.4. The van der Waals surface area contributed by atoms with Crippen LogP contribution in [0.4, 0.5) is 4.79 Å². The molecule has 1 rings (SSSR count). The predicted molar refractivity (Wildman–Crippen MR) is 81.2 cm³/mol. The molecule has 6 nitrogen and oxygen atoms in total. The lowest BCUT2D eigenvalue weighted by molar-refractivity contribution is -0.139. The van der Waals surface area contributed by atoms with Crippen molar-refractivity contribution in [2.24, 2.45) is 0 Å². The van der Waals surface area contributed by atoms with Crippen LogP contribution >= 0.6 is 11.8 Å². The van der Waals surface area contributed by atoms with Gasteiger partial charge < -0.3 is 20.6 Å². The van der Waals surface area contributed by atoms with Gasteiger partial charge in [-0.2, -0.15) is 11.8 Å². The highest BCUT2D eigenvalue weighted by atomic mass is 32.2. The molecule has 1 aliphatic rings. The highest BCUT2D eigenvalue weighted by molar-refractivity contribution is 7.98. The van der Waals surface area contributed by atoms with Crippen LogP contribution in [0.15, 0.2) is 0 Å². The number of urea groups is 1. The number of nitrogens with one attached hydrogen (secondary N) is 2. The van der Waals surface area contributed by atoms with Crippen LogP contribution in [0.5, 0.6) is 0 Å². The topological polar surface area (TPSA) is 81.7 Å². The number of hydrogen-bond acceptors (Lipinski definition) is 4. The SMILES string of the molecule is CSCCC(NC(=O)NC(C)CN1CCCC1)C(=O)O. The van der Waals surface area contributed by atoms with Gasteiger partial charge in [0.1, 0.15) is 6.04 Å². The second-order valence-electron chi connectivity index (χ2n) is 5.20. The molecular weight excluding hydrogens is 278 g/mol. The molecule has 0 aliphatic carbocycles. The van der Waals surface area contributed by atoms with E-state index in [9.17, 15) is 9.59 Å². The second-order valence-corrected chi connectivity index (χ2v) is 6.18. The molecule has 2 unspecified atom stereocenters. The minimum Gasteiger partial charge on any atom is -0.480 e. The Balaban J connectivity index is 2.30. The standard InChI is InChI=1S/C13H25N3O3S/c1-10(9-16-6-3-4-7-16)14-13(19)15-11(12(17)18)5-8-20-2/h10-11H,3-9H2,1-2H3,(H,17,18)(H2,14,15,19). The van der Waals surface area contributed by atoms with Crippen LogP contribution < -0.4 is 10.6 Å². The fourth-order valence-corrected chi connectivity index (χ4v) is 2.79. The number of carboxylic acids is 1. The zero-order chi connectivity index (χ0) is 15.0. The smallest absolute Gasteiger partial charge is 0.326 e. The third-order valence-electron chi connectivity index (χ3n) is 3.32. The largest absolute Gasteiger partial charge is 0.480 e. The molecule has 0 aromatic heterocycles. The molecule has 0 spiro atoms. The summed E-state index contributed by atoms with van der Waals surface area (Å²) >= 11 is 1.57. The van der Waals surface area contributed by atoms with E-state index >= 15 is 0 Å². The van der Waals surface area contributed by atoms with Gasteiger partial charge in [0.25, 0.3) is 0 Å². The fourth-order valence-electron chi connectivity index (χ4n) is 2.31. The molecule has 0 aromatic carbocycles. The van der Waals surface area contributed by atoms with E-state index in [4.69, 9.17) is 5.11 Å². The van der Waals surface area contributed by atoms with E-state index in [0.717, 1.165) is 19.6 Å². The lowest BCUT2D eigenvalue weighted by Gasteiger charge is -2.22. The predicted octanol–water partition coefficient (Wildman–Crippen LogP) is 0.976. The monoisotopic (exact) mass is 303 g/mol. The van der Waals surface area contributed by atoms with Crippen molar-refractivity contribution in [3.05, 3.63) is 0 Å². The van der Waals surface area contributed by atoms with Crippen molar-refractivity contribution >= 4 is 23.8 Å². The summed E-state index contributed by atoms with van der Waals surface area (Å²) in [6.45, 7) is 4.92. The lowest BCUT2D eigenvalue weighted by atomic mass is 10.2. The maximum absolute atomic E-state index is 11.8. The first-order valence-electron chi connectivity index (χ1n) is 7.04. The van der Waals surface area contributed by atoms with Gasteiger partial charge in [0.15, 0.2) is 0 Å². The third-order valence-corrected chi connectivity index (χ3v) is 3.97. The van der Waals surface area contributed by atoms with Crippen LogP contribution in [0.2, 0.25) is 0 Å². The molecule has 7 heteroatoms. The number of aliphatic carboxylic acids is 1. The number of thioether (sulfide) groups is 1. The molecule has 1 fully saturated rings. The van der Waals surface area contributed by atoms with Crippen LogP contribution in [0.3, 0.4) is 0 Å². The summed E-state index contributed by atoms with van der Waals surface area (Å²) in [4.78, 5) is 25.2. The van der Waals surface area contributed by atoms with Gasteiger partial charge in [0.05, 0.1) is 0 Å². The van der Waals surface area contributed by atoms with E-state index in [1.807, 2.05) is 13.2 Å². The minimum absolute atomic E-state index is 0.0168. The van der Waals surface area contributed by atoms with Crippen LogP contribution in [-0.2, 0) is 4.79 Å².